The summed E-state index contributed by atoms with van der Waals surface area (Å²) in [4.78, 5) is 37.8. The van der Waals surface area contributed by atoms with Gasteiger partial charge in [-0.1, -0.05) is 30.0 Å². The fourth-order valence-corrected chi connectivity index (χ4v) is 4.01. The summed E-state index contributed by atoms with van der Waals surface area (Å²) in [5.74, 6) is 0.177. The fourth-order valence-electron chi connectivity index (χ4n) is 3.19. The van der Waals surface area contributed by atoms with Gasteiger partial charge in [0.25, 0.3) is 17.5 Å². The van der Waals surface area contributed by atoms with Gasteiger partial charge in [0, 0.05) is 39.3 Å². The number of nitrogens with zero attached hydrogens (tertiary/aromatic N) is 1. The lowest BCUT2D eigenvalue weighted by Gasteiger charge is -2.11. The molecule has 1 aromatic heterocycles. The van der Waals surface area contributed by atoms with Crippen molar-refractivity contribution < 1.29 is 18.9 Å². The van der Waals surface area contributed by atoms with E-state index in [0.29, 0.717) is 22.8 Å². The number of benzene rings is 3. The molecule has 0 unspecified atom stereocenters. The summed E-state index contributed by atoms with van der Waals surface area (Å²) in [6.45, 7) is 1.79. The maximum Gasteiger partial charge on any atom is 0.272 e. The molecule has 0 radical (unpaired) electrons. The van der Waals surface area contributed by atoms with E-state index in [0.717, 1.165) is 9.79 Å². The van der Waals surface area contributed by atoms with Crippen LogP contribution in [-0.2, 0) is 4.79 Å². The fraction of sp³-hybridized carbons (Fsp3) is 0.0370. The van der Waals surface area contributed by atoms with Crippen LogP contribution in [0, 0.1) is 17.0 Å². The van der Waals surface area contributed by atoms with Crippen molar-refractivity contribution in [3.8, 4) is 0 Å². The number of anilines is 1. The Morgan fingerprint density at radius 1 is 0.889 bits per heavy atom. The maximum absolute atomic E-state index is 13.1. The number of carbonyl (C=O) groups excluding carboxylic acids is 2. The zero-order valence-electron chi connectivity index (χ0n) is 19.1. The first-order chi connectivity index (χ1) is 17.4. The van der Waals surface area contributed by atoms with Gasteiger partial charge < -0.3 is 15.1 Å². The van der Waals surface area contributed by atoms with Gasteiger partial charge in [-0.3, -0.25) is 19.7 Å². The summed E-state index contributed by atoms with van der Waals surface area (Å²) in [5.41, 5.74) is 1.01. The molecule has 36 heavy (non-hydrogen) atoms. The van der Waals surface area contributed by atoms with Crippen molar-refractivity contribution in [1.29, 1.82) is 0 Å². The summed E-state index contributed by atoms with van der Waals surface area (Å²) in [6.07, 6.45) is 1.47. The number of non-ortho nitro benzene ring substituents is 1. The summed E-state index contributed by atoms with van der Waals surface area (Å²) in [7, 11) is 0. The second kappa shape index (κ2) is 11.2. The monoisotopic (exact) mass is 499 g/mol. The number of aryl methyl sites for hydroxylation is 1. The van der Waals surface area contributed by atoms with Gasteiger partial charge in [-0.25, -0.2) is 0 Å². The predicted molar refractivity (Wildman–Crippen MR) is 138 cm³/mol. The predicted octanol–water partition coefficient (Wildman–Crippen LogP) is 6.06. The number of amides is 2. The zero-order valence-corrected chi connectivity index (χ0v) is 20.0. The molecule has 1 heterocycles. The van der Waals surface area contributed by atoms with Crippen molar-refractivity contribution in [2.24, 2.45) is 0 Å². The van der Waals surface area contributed by atoms with Crippen LogP contribution < -0.4 is 10.6 Å². The minimum absolute atomic E-state index is 0.0301. The van der Waals surface area contributed by atoms with E-state index in [1.807, 2.05) is 12.1 Å². The summed E-state index contributed by atoms with van der Waals surface area (Å²) < 4.78 is 5.55. The van der Waals surface area contributed by atoms with Gasteiger partial charge in [-0.2, -0.15) is 0 Å². The van der Waals surface area contributed by atoms with Crippen LogP contribution in [-0.4, -0.2) is 16.7 Å². The van der Waals surface area contributed by atoms with E-state index in [1.54, 1.807) is 73.7 Å². The molecule has 0 fully saturated rings. The molecule has 4 rings (SSSR count). The van der Waals surface area contributed by atoms with Crippen molar-refractivity contribution in [3.05, 3.63) is 124 Å². The SMILES string of the molecule is Cc1ccc(C=C(NC(=O)c2ccccc2)C(=O)Nc2ccc(Sc3ccc([N+](=O)[O-])cc3)cc2)o1. The lowest BCUT2D eigenvalue weighted by atomic mass is 10.2. The molecule has 0 atom stereocenters. The van der Waals surface area contributed by atoms with E-state index in [-0.39, 0.29) is 11.4 Å². The number of nitro benzene ring substituents is 1. The van der Waals surface area contributed by atoms with Gasteiger partial charge in [-0.15, -0.1) is 0 Å². The van der Waals surface area contributed by atoms with Crippen LogP contribution in [0.5, 0.6) is 0 Å². The average molecular weight is 500 g/mol. The van der Waals surface area contributed by atoms with Crippen molar-refractivity contribution in [3.63, 3.8) is 0 Å². The first-order valence-corrected chi connectivity index (χ1v) is 11.7. The van der Waals surface area contributed by atoms with Gasteiger partial charge in [-0.05, 0) is 67.6 Å². The molecule has 0 aliphatic carbocycles. The van der Waals surface area contributed by atoms with Gasteiger partial charge in [0.2, 0.25) is 0 Å². The molecule has 8 nitrogen and oxygen atoms in total. The number of nitrogens with one attached hydrogen (secondary N) is 2. The van der Waals surface area contributed by atoms with E-state index in [4.69, 9.17) is 4.42 Å². The van der Waals surface area contributed by atoms with E-state index in [9.17, 15) is 19.7 Å². The Morgan fingerprint density at radius 2 is 1.53 bits per heavy atom. The number of carbonyl (C=O) groups is 2. The number of hydrogen-bond acceptors (Lipinski definition) is 6. The smallest absolute Gasteiger partial charge is 0.272 e. The molecule has 2 N–H and O–H groups in total. The number of nitro groups is 1. The van der Waals surface area contributed by atoms with E-state index < -0.39 is 16.7 Å². The summed E-state index contributed by atoms with van der Waals surface area (Å²) in [6, 6.07) is 25.5. The Labute approximate surface area is 211 Å². The largest absolute Gasteiger partial charge is 0.462 e. The number of rotatable bonds is 8. The Bertz CT molecular complexity index is 1410. The van der Waals surface area contributed by atoms with Crippen LogP contribution in [0.2, 0.25) is 0 Å². The Kier molecular flexibility index (Phi) is 7.62. The third kappa shape index (κ3) is 6.49. The molecule has 0 saturated carbocycles. The Morgan fingerprint density at radius 3 is 2.11 bits per heavy atom. The molecular weight excluding hydrogens is 478 g/mol. The molecule has 9 heteroatoms. The third-order valence-corrected chi connectivity index (χ3v) is 5.99. The van der Waals surface area contributed by atoms with Crippen LogP contribution in [0.15, 0.2) is 111 Å². The van der Waals surface area contributed by atoms with E-state index >= 15 is 0 Å². The second-order valence-electron chi connectivity index (χ2n) is 7.66. The van der Waals surface area contributed by atoms with Crippen LogP contribution in [0.4, 0.5) is 11.4 Å². The maximum atomic E-state index is 13.1. The molecule has 4 aromatic rings. The minimum atomic E-state index is -0.510. The lowest BCUT2D eigenvalue weighted by Crippen LogP contribution is -2.30. The highest BCUT2D eigenvalue weighted by Gasteiger charge is 2.16. The quantitative estimate of drug-likeness (QED) is 0.173. The van der Waals surface area contributed by atoms with Crippen molar-refractivity contribution in [2.75, 3.05) is 5.32 Å². The highest BCUT2D eigenvalue weighted by Crippen LogP contribution is 2.30. The molecule has 2 amide bonds. The summed E-state index contributed by atoms with van der Waals surface area (Å²) in [5, 5.41) is 16.3. The lowest BCUT2D eigenvalue weighted by molar-refractivity contribution is -0.384. The average Bonchev–Trinajstić information content (AvgIpc) is 3.30. The second-order valence-corrected chi connectivity index (χ2v) is 8.81. The van der Waals surface area contributed by atoms with E-state index in [2.05, 4.69) is 10.6 Å². The molecule has 0 bridgehead atoms. The van der Waals surface area contributed by atoms with Crippen molar-refractivity contribution in [1.82, 2.24) is 5.32 Å². The molecular formula is C27H21N3O5S. The standard InChI is InChI=1S/C27H21N3O5S/c1-18-7-12-22(35-18)17-25(29-26(31)19-5-3-2-4-6-19)27(32)28-20-8-13-23(14-9-20)36-24-15-10-21(11-16-24)30(33)34/h2-17H,1H3,(H,28,32)(H,29,31). The highest BCUT2D eigenvalue weighted by atomic mass is 32.2. The normalized spacial score (nSPS) is 11.1. The zero-order chi connectivity index (χ0) is 25.5. The van der Waals surface area contributed by atoms with Crippen LogP contribution in [0.1, 0.15) is 21.9 Å². The third-order valence-electron chi connectivity index (χ3n) is 4.97. The van der Waals surface area contributed by atoms with Crippen molar-refractivity contribution >= 4 is 41.0 Å². The highest BCUT2D eigenvalue weighted by molar-refractivity contribution is 7.99. The number of furan rings is 1. The molecule has 180 valence electrons. The first-order valence-electron chi connectivity index (χ1n) is 10.9. The molecule has 0 saturated heterocycles. The van der Waals surface area contributed by atoms with E-state index in [1.165, 1.54) is 30.0 Å². The Balaban J connectivity index is 1.47. The minimum Gasteiger partial charge on any atom is -0.462 e. The van der Waals surface area contributed by atoms with Crippen LogP contribution in [0.3, 0.4) is 0 Å². The molecule has 0 aliphatic heterocycles. The number of hydrogen-bond donors (Lipinski definition) is 2. The summed E-state index contributed by atoms with van der Waals surface area (Å²) >= 11 is 1.44. The molecule has 0 spiro atoms. The van der Waals surface area contributed by atoms with Gasteiger partial charge >= 0.3 is 0 Å². The van der Waals surface area contributed by atoms with Crippen LogP contribution >= 0.6 is 11.8 Å². The Hall–Kier alpha value is -4.63. The van der Waals surface area contributed by atoms with Gasteiger partial charge in [0.1, 0.15) is 17.2 Å². The topological polar surface area (TPSA) is 114 Å². The molecule has 3 aromatic carbocycles. The van der Waals surface area contributed by atoms with Gasteiger partial charge in [0.15, 0.2) is 0 Å². The van der Waals surface area contributed by atoms with Crippen LogP contribution in [0.25, 0.3) is 6.08 Å². The van der Waals surface area contributed by atoms with Crippen molar-refractivity contribution in [2.45, 2.75) is 16.7 Å². The van der Waals surface area contributed by atoms with Gasteiger partial charge in [0.05, 0.1) is 4.92 Å². The molecule has 0 aliphatic rings. The first kappa shape index (κ1) is 24.5.